The third kappa shape index (κ3) is 7.93. The Morgan fingerprint density at radius 1 is 1.19 bits per heavy atom. The van der Waals surface area contributed by atoms with Crippen molar-refractivity contribution in [2.75, 3.05) is 47.0 Å². The van der Waals surface area contributed by atoms with Crippen molar-refractivity contribution in [2.45, 2.75) is 6.42 Å². The molecule has 0 radical (unpaired) electrons. The van der Waals surface area contributed by atoms with E-state index in [0.717, 1.165) is 4.90 Å². The summed E-state index contributed by atoms with van der Waals surface area (Å²) in [5, 5.41) is 8.83. The Hall–Kier alpha value is -2.09. The smallest absolute Gasteiger partial charge is 0.323 e. The molecule has 0 aliphatic heterocycles. The lowest BCUT2D eigenvalue weighted by Gasteiger charge is -2.28. The summed E-state index contributed by atoms with van der Waals surface area (Å²) >= 11 is 0. The van der Waals surface area contributed by atoms with Crippen LogP contribution in [0.2, 0.25) is 0 Å². The zero-order valence-corrected chi connectivity index (χ0v) is 12.4. The second-order valence-corrected chi connectivity index (χ2v) is 4.15. The van der Waals surface area contributed by atoms with Gasteiger partial charge in [0.05, 0.1) is 20.1 Å². The van der Waals surface area contributed by atoms with Crippen LogP contribution in [0.4, 0.5) is 4.79 Å². The van der Waals surface area contributed by atoms with Gasteiger partial charge in [0.2, 0.25) is 0 Å². The van der Waals surface area contributed by atoms with Crippen LogP contribution in [0, 0.1) is 0 Å². The van der Waals surface area contributed by atoms with Crippen molar-refractivity contribution in [3.63, 3.8) is 0 Å². The molecule has 0 unspecified atom stereocenters. The lowest BCUT2D eigenvalue weighted by Crippen LogP contribution is -2.47. The molecule has 0 bridgehead atoms. The number of rotatable bonds is 10. The topological polar surface area (TPSA) is 96.4 Å². The molecular weight excluding hydrogens is 280 g/mol. The van der Waals surface area contributed by atoms with Crippen LogP contribution in [0.1, 0.15) is 6.42 Å². The Bertz CT molecular complexity index is 372. The van der Waals surface area contributed by atoms with E-state index >= 15 is 0 Å². The SMILES string of the molecule is C=CCN(CC(=O)O)C(=O)N(CCOC)CCC(=O)OC. The van der Waals surface area contributed by atoms with Gasteiger partial charge in [-0.2, -0.15) is 0 Å². The Morgan fingerprint density at radius 2 is 1.86 bits per heavy atom. The zero-order chi connectivity index (χ0) is 16.3. The number of carbonyl (C=O) groups excluding carboxylic acids is 2. The molecule has 0 aliphatic rings. The van der Waals surface area contributed by atoms with Crippen molar-refractivity contribution in [1.29, 1.82) is 0 Å². The Labute approximate surface area is 123 Å². The van der Waals surface area contributed by atoms with Crippen molar-refractivity contribution in [3.8, 4) is 0 Å². The quantitative estimate of drug-likeness (QED) is 0.457. The molecule has 0 aromatic carbocycles. The molecule has 21 heavy (non-hydrogen) atoms. The van der Waals surface area contributed by atoms with E-state index in [4.69, 9.17) is 9.84 Å². The van der Waals surface area contributed by atoms with Crippen molar-refractivity contribution in [1.82, 2.24) is 9.80 Å². The molecule has 1 N–H and O–H groups in total. The van der Waals surface area contributed by atoms with E-state index in [1.54, 1.807) is 0 Å². The highest BCUT2D eigenvalue weighted by atomic mass is 16.5. The van der Waals surface area contributed by atoms with Crippen LogP contribution < -0.4 is 0 Å². The van der Waals surface area contributed by atoms with Gasteiger partial charge in [0, 0.05) is 26.7 Å². The summed E-state index contributed by atoms with van der Waals surface area (Å²) in [7, 11) is 2.75. The fraction of sp³-hybridized carbons (Fsp3) is 0.615. The summed E-state index contributed by atoms with van der Waals surface area (Å²) in [4.78, 5) is 36.8. The normalized spacial score (nSPS) is 9.81. The van der Waals surface area contributed by atoms with Crippen molar-refractivity contribution >= 4 is 18.0 Å². The van der Waals surface area contributed by atoms with Gasteiger partial charge in [-0.05, 0) is 0 Å². The lowest BCUT2D eigenvalue weighted by molar-refractivity contribution is -0.141. The number of methoxy groups -OCH3 is 2. The van der Waals surface area contributed by atoms with Crippen LogP contribution in [-0.2, 0) is 19.1 Å². The predicted molar refractivity (Wildman–Crippen MR) is 74.9 cm³/mol. The van der Waals surface area contributed by atoms with Crippen molar-refractivity contribution < 1.29 is 29.0 Å². The Morgan fingerprint density at radius 3 is 2.33 bits per heavy atom. The largest absolute Gasteiger partial charge is 0.480 e. The first-order valence-corrected chi connectivity index (χ1v) is 6.38. The number of urea groups is 1. The van der Waals surface area contributed by atoms with Gasteiger partial charge in [0.25, 0.3) is 0 Å². The molecule has 0 aromatic rings. The van der Waals surface area contributed by atoms with Gasteiger partial charge < -0.3 is 24.4 Å². The number of aliphatic carboxylic acids is 1. The minimum Gasteiger partial charge on any atom is -0.480 e. The number of ether oxygens (including phenoxy) is 2. The van der Waals surface area contributed by atoms with Crippen molar-refractivity contribution in [3.05, 3.63) is 12.7 Å². The molecular formula is C13H22N2O6. The number of hydrogen-bond donors (Lipinski definition) is 1. The van der Waals surface area contributed by atoms with Gasteiger partial charge in [-0.15, -0.1) is 6.58 Å². The summed E-state index contributed by atoms with van der Waals surface area (Å²) in [5.74, 6) is -1.57. The van der Waals surface area contributed by atoms with E-state index in [0.29, 0.717) is 0 Å². The number of hydrogen-bond acceptors (Lipinski definition) is 5. The number of nitrogens with zero attached hydrogens (tertiary/aromatic N) is 2. The van der Waals surface area contributed by atoms with Gasteiger partial charge in [0.15, 0.2) is 0 Å². The number of carboxylic acid groups (broad SMARTS) is 1. The molecule has 0 aromatic heterocycles. The highest BCUT2D eigenvalue weighted by Crippen LogP contribution is 2.02. The van der Waals surface area contributed by atoms with E-state index in [1.807, 2.05) is 0 Å². The summed E-state index contributed by atoms with van der Waals surface area (Å²) in [5.41, 5.74) is 0. The van der Waals surface area contributed by atoms with Gasteiger partial charge in [0.1, 0.15) is 6.54 Å². The van der Waals surface area contributed by atoms with Gasteiger partial charge in [-0.3, -0.25) is 9.59 Å². The Balaban J connectivity index is 4.81. The molecule has 0 saturated carbocycles. The zero-order valence-electron chi connectivity index (χ0n) is 12.4. The van der Waals surface area contributed by atoms with E-state index in [9.17, 15) is 14.4 Å². The molecule has 0 rings (SSSR count). The summed E-state index contributed by atoms with van der Waals surface area (Å²) in [6.45, 7) is 3.82. The summed E-state index contributed by atoms with van der Waals surface area (Å²) in [6.07, 6.45) is 1.47. The maximum atomic E-state index is 12.3. The molecule has 0 spiro atoms. The number of carboxylic acids is 1. The third-order valence-electron chi connectivity index (χ3n) is 2.60. The molecule has 0 atom stereocenters. The standard InChI is InChI=1S/C13H22N2O6/c1-4-6-15(10-11(16)17)13(19)14(8-9-20-2)7-5-12(18)21-3/h4H,1,5-10H2,2-3H3,(H,16,17). The first kappa shape index (κ1) is 18.9. The average Bonchev–Trinajstić information content (AvgIpc) is 2.45. The minimum atomic E-state index is -1.12. The molecule has 120 valence electrons. The van der Waals surface area contributed by atoms with Gasteiger partial charge >= 0.3 is 18.0 Å². The number of amides is 2. The van der Waals surface area contributed by atoms with E-state index in [-0.39, 0.29) is 32.7 Å². The predicted octanol–water partition coefficient (Wildman–Crippen LogP) is 0.191. The molecule has 8 nitrogen and oxygen atoms in total. The highest BCUT2D eigenvalue weighted by Gasteiger charge is 2.22. The second kappa shape index (κ2) is 10.7. The van der Waals surface area contributed by atoms with Crippen LogP contribution in [0.25, 0.3) is 0 Å². The van der Waals surface area contributed by atoms with Crippen LogP contribution >= 0.6 is 0 Å². The second-order valence-electron chi connectivity index (χ2n) is 4.15. The fourth-order valence-corrected chi connectivity index (χ4v) is 1.56. The minimum absolute atomic E-state index is 0.0287. The number of carbonyl (C=O) groups is 3. The summed E-state index contributed by atoms with van der Waals surface area (Å²) < 4.78 is 9.44. The van der Waals surface area contributed by atoms with Crippen molar-refractivity contribution in [2.24, 2.45) is 0 Å². The average molecular weight is 302 g/mol. The molecule has 0 saturated heterocycles. The lowest BCUT2D eigenvalue weighted by atomic mass is 10.3. The van der Waals surface area contributed by atoms with Gasteiger partial charge in [-0.1, -0.05) is 6.08 Å². The highest BCUT2D eigenvalue weighted by molar-refractivity contribution is 5.80. The maximum Gasteiger partial charge on any atom is 0.323 e. The van der Waals surface area contributed by atoms with Crippen LogP contribution in [-0.4, -0.2) is 79.9 Å². The molecule has 0 heterocycles. The molecule has 0 aliphatic carbocycles. The Kier molecular flexibility index (Phi) is 9.61. The fourth-order valence-electron chi connectivity index (χ4n) is 1.56. The van der Waals surface area contributed by atoms with E-state index < -0.39 is 24.5 Å². The first-order chi connectivity index (χ1) is 9.96. The molecule has 0 fully saturated rings. The van der Waals surface area contributed by atoms with E-state index in [1.165, 1.54) is 25.2 Å². The summed E-state index contributed by atoms with van der Waals surface area (Å²) in [6, 6.07) is -0.488. The molecule has 8 heteroatoms. The number of esters is 1. The van der Waals surface area contributed by atoms with E-state index in [2.05, 4.69) is 11.3 Å². The monoisotopic (exact) mass is 302 g/mol. The third-order valence-corrected chi connectivity index (χ3v) is 2.60. The first-order valence-electron chi connectivity index (χ1n) is 6.38. The maximum absolute atomic E-state index is 12.3. The van der Waals surface area contributed by atoms with Gasteiger partial charge in [-0.25, -0.2) is 4.79 Å². The van der Waals surface area contributed by atoms with Crippen LogP contribution in [0.5, 0.6) is 0 Å². The molecule has 2 amide bonds. The van der Waals surface area contributed by atoms with Crippen LogP contribution in [0.15, 0.2) is 12.7 Å². The van der Waals surface area contributed by atoms with Crippen LogP contribution in [0.3, 0.4) is 0 Å².